The molecule has 0 fully saturated rings. The van der Waals surface area contributed by atoms with Gasteiger partial charge in [0.2, 0.25) is 0 Å². The van der Waals surface area contributed by atoms with Crippen molar-refractivity contribution in [2.24, 2.45) is 5.73 Å². The monoisotopic (exact) mass is 413 g/mol. The molecule has 0 bridgehead atoms. The lowest BCUT2D eigenvalue weighted by molar-refractivity contribution is 0.181. The average molecular weight is 414 g/mol. The van der Waals surface area contributed by atoms with Crippen LogP contribution in [0.5, 0.6) is 5.75 Å². The standard InChI is InChI=1S/C22H18ClF2N3O/c1-13(26)22(14-2-4-16(24)5-3-14)29-21-10-15-12-27-28(20(15)11-19(21)23)18-8-6-17(25)7-9-18/h2-13,22H,26H2,1H3/t13?,22-/m0/s1. The number of fused-ring (bicyclic) bond motifs is 1. The van der Waals surface area contributed by atoms with Gasteiger partial charge in [0, 0.05) is 11.4 Å². The van der Waals surface area contributed by atoms with Crippen LogP contribution >= 0.6 is 11.6 Å². The van der Waals surface area contributed by atoms with Crippen molar-refractivity contribution in [1.29, 1.82) is 0 Å². The van der Waals surface area contributed by atoms with Gasteiger partial charge in [0.05, 0.1) is 22.4 Å². The van der Waals surface area contributed by atoms with Crippen molar-refractivity contribution in [2.75, 3.05) is 0 Å². The van der Waals surface area contributed by atoms with Crippen molar-refractivity contribution in [1.82, 2.24) is 9.78 Å². The molecule has 1 heterocycles. The highest BCUT2D eigenvalue weighted by Crippen LogP contribution is 2.35. The highest BCUT2D eigenvalue weighted by atomic mass is 35.5. The smallest absolute Gasteiger partial charge is 0.139 e. The van der Waals surface area contributed by atoms with Crippen molar-refractivity contribution in [3.63, 3.8) is 0 Å². The quantitative estimate of drug-likeness (QED) is 0.475. The average Bonchev–Trinajstić information content (AvgIpc) is 3.10. The summed E-state index contributed by atoms with van der Waals surface area (Å²) in [6.07, 6.45) is 1.18. The number of nitrogens with zero attached hydrogens (tertiary/aromatic N) is 2. The van der Waals surface area contributed by atoms with Gasteiger partial charge >= 0.3 is 0 Å². The van der Waals surface area contributed by atoms with Gasteiger partial charge in [0.15, 0.2) is 0 Å². The lowest BCUT2D eigenvalue weighted by Crippen LogP contribution is -2.29. The molecular weight excluding hydrogens is 396 g/mol. The van der Waals surface area contributed by atoms with Crippen LogP contribution in [0.4, 0.5) is 8.78 Å². The molecule has 0 spiro atoms. The van der Waals surface area contributed by atoms with Crippen LogP contribution in [0.25, 0.3) is 16.6 Å². The first-order chi connectivity index (χ1) is 13.9. The summed E-state index contributed by atoms with van der Waals surface area (Å²) in [4.78, 5) is 0. The molecule has 0 aliphatic carbocycles. The molecule has 0 aliphatic heterocycles. The molecule has 2 N–H and O–H groups in total. The van der Waals surface area contributed by atoms with Crippen molar-refractivity contribution in [3.8, 4) is 11.4 Å². The summed E-state index contributed by atoms with van der Waals surface area (Å²) in [5.41, 5.74) is 8.32. The number of rotatable bonds is 5. The van der Waals surface area contributed by atoms with E-state index in [9.17, 15) is 8.78 Å². The summed E-state index contributed by atoms with van der Waals surface area (Å²) >= 11 is 6.48. The Labute approximate surface area is 171 Å². The maximum absolute atomic E-state index is 13.3. The minimum Gasteiger partial charge on any atom is -0.483 e. The van der Waals surface area contributed by atoms with Crippen molar-refractivity contribution >= 4 is 22.5 Å². The van der Waals surface area contributed by atoms with Gasteiger partial charge in [-0.05, 0) is 61.0 Å². The Morgan fingerprint density at radius 1 is 1.00 bits per heavy atom. The van der Waals surface area contributed by atoms with E-state index < -0.39 is 6.10 Å². The maximum atomic E-state index is 13.3. The number of hydrogen-bond donors (Lipinski definition) is 1. The third-order valence-electron chi connectivity index (χ3n) is 4.62. The van der Waals surface area contributed by atoms with Gasteiger partial charge in [-0.15, -0.1) is 0 Å². The Balaban J connectivity index is 1.70. The molecule has 1 unspecified atom stereocenters. The SMILES string of the molecule is CC(N)[C@H](Oc1cc2cnn(-c3ccc(F)cc3)c2cc1Cl)c1ccc(F)cc1. The van der Waals surface area contributed by atoms with Crippen LogP contribution in [0.2, 0.25) is 5.02 Å². The Morgan fingerprint density at radius 3 is 2.24 bits per heavy atom. The summed E-state index contributed by atoms with van der Waals surface area (Å²) < 4.78 is 34.2. The first-order valence-electron chi connectivity index (χ1n) is 9.03. The topological polar surface area (TPSA) is 53.1 Å². The second-order valence-electron chi connectivity index (χ2n) is 6.82. The Bertz CT molecular complexity index is 1140. The van der Waals surface area contributed by atoms with Crippen LogP contribution in [0.1, 0.15) is 18.6 Å². The molecule has 7 heteroatoms. The molecule has 0 aliphatic rings. The second kappa shape index (κ2) is 7.81. The minimum absolute atomic E-state index is 0.318. The molecule has 29 heavy (non-hydrogen) atoms. The van der Waals surface area contributed by atoms with Crippen molar-refractivity contribution < 1.29 is 13.5 Å². The van der Waals surface area contributed by atoms with E-state index in [1.54, 1.807) is 47.3 Å². The number of aromatic nitrogens is 2. The molecule has 148 valence electrons. The van der Waals surface area contributed by atoms with Crippen LogP contribution < -0.4 is 10.5 Å². The zero-order chi connectivity index (χ0) is 20.5. The van der Waals surface area contributed by atoms with Crippen LogP contribution in [0, 0.1) is 11.6 Å². The number of halogens is 3. The maximum Gasteiger partial charge on any atom is 0.139 e. The summed E-state index contributed by atoms with van der Waals surface area (Å²) in [5.74, 6) is -0.198. The third kappa shape index (κ3) is 3.95. The molecule has 0 radical (unpaired) electrons. The number of ether oxygens (including phenoxy) is 1. The van der Waals surface area contributed by atoms with Gasteiger partial charge < -0.3 is 10.5 Å². The van der Waals surface area contributed by atoms with E-state index in [1.165, 1.54) is 24.3 Å². The molecule has 0 amide bonds. The van der Waals surface area contributed by atoms with E-state index in [-0.39, 0.29) is 17.7 Å². The van der Waals surface area contributed by atoms with Crippen molar-refractivity contribution in [2.45, 2.75) is 19.1 Å². The zero-order valence-corrected chi connectivity index (χ0v) is 16.3. The number of benzene rings is 3. The lowest BCUT2D eigenvalue weighted by Gasteiger charge is -2.23. The molecule has 2 atom stereocenters. The largest absolute Gasteiger partial charge is 0.483 e. The van der Waals surface area contributed by atoms with Crippen LogP contribution in [0.3, 0.4) is 0 Å². The Morgan fingerprint density at radius 2 is 1.62 bits per heavy atom. The summed E-state index contributed by atoms with van der Waals surface area (Å²) in [7, 11) is 0. The summed E-state index contributed by atoms with van der Waals surface area (Å²) in [6, 6.07) is 15.2. The number of hydrogen-bond acceptors (Lipinski definition) is 3. The van der Waals surface area contributed by atoms with E-state index in [0.717, 1.165) is 16.5 Å². The zero-order valence-electron chi connectivity index (χ0n) is 15.5. The molecule has 4 aromatic rings. The molecule has 0 saturated carbocycles. The highest BCUT2D eigenvalue weighted by Gasteiger charge is 2.21. The Hall–Kier alpha value is -2.96. The first-order valence-corrected chi connectivity index (χ1v) is 9.41. The predicted molar refractivity (Wildman–Crippen MR) is 109 cm³/mol. The normalized spacial score (nSPS) is 13.4. The fourth-order valence-electron chi connectivity index (χ4n) is 3.17. The molecule has 3 aromatic carbocycles. The van der Waals surface area contributed by atoms with Crippen molar-refractivity contribution in [3.05, 3.63) is 89.1 Å². The van der Waals surface area contributed by atoms with Gasteiger partial charge in [-0.2, -0.15) is 5.10 Å². The molecular formula is C22H18ClF2N3O. The summed E-state index contributed by atoms with van der Waals surface area (Å²) in [5, 5.41) is 5.56. The predicted octanol–water partition coefficient (Wildman–Crippen LogP) is 5.42. The van der Waals surface area contributed by atoms with E-state index in [4.69, 9.17) is 22.1 Å². The molecule has 4 nitrogen and oxygen atoms in total. The second-order valence-corrected chi connectivity index (χ2v) is 7.23. The fourth-order valence-corrected chi connectivity index (χ4v) is 3.38. The minimum atomic E-state index is -0.502. The molecule has 0 saturated heterocycles. The first kappa shape index (κ1) is 19.4. The van der Waals surface area contributed by atoms with Crippen LogP contribution in [-0.4, -0.2) is 15.8 Å². The van der Waals surface area contributed by atoms with Gasteiger partial charge in [-0.3, -0.25) is 0 Å². The number of nitrogens with two attached hydrogens (primary N) is 1. The summed E-state index contributed by atoms with van der Waals surface area (Å²) in [6.45, 7) is 1.81. The van der Waals surface area contributed by atoms with Gasteiger partial charge in [0.1, 0.15) is 23.5 Å². The van der Waals surface area contributed by atoms with Gasteiger partial charge in [-0.25, -0.2) is 13.5 Å². The fraction of sp³-hybridized carbons (Fsp3) is 0.136. The molecule has 1 aromatic heterocycles. The highest BCUT2D eigenvalue weighted by molar-refractivity contribution is 6.32. The van der Waals surface area contributed by atoms with E-state index in [0.29, 0.717) is 16.5 Å². The van der Waals surface area contributed by atoms with E-state index in [2.05, 4.69) is 5.10 Å². The van der Waals surface area contributed by atoms with E-state index >= 15 is 0 Å². The van der Waals surface area contributed by atoms with Gasteiger partial charge in [-0.1, -0.05) is 23.7 Å². The lowest BCUT2D eigenvalue weighted by atomic mass is 10.0. The van der Waals surface area contributed by atoms with Crippen LogP contribution in [0.15, 0.2) is 66.9 Å². The van der Waals surface area contributed by atoms with Gasteiger partial charge in [0.25, 0.3) is 0 Å². The van der Waals surface area contributed by atoms with E-state index in [1.807, 2.05) is 6.92 Å². The molecule has 4 rings (SSSR count). The third-order valence-corrected chi connectivity index (χ3v) is 4.92. The van der Waals surface area contributed by atoms with Crippen LogP contribution in [-0.2, 0) is 0 Å². The Kier molecular flexibility index (Phi) is 5.22.